The number of ether oxygens (including phenoxy) is 4. The average Bonchev–Trinajstić information content (AvgIpc) is 3.46. The van der Waals surface area contributed by atoms with E-state index in [-0.39, 0.29) is 54.8 Å². The summed E-state index contributed by atoms with van der Waals surface area (Å²) in [5.74, 6) is -3.31. The van der Waals surface area contributed by atoms with Crippen molar-refractivity contribution in [2.24, 2.45) is 10.9 Å². The van der Waals surface area contributed by atoms with Crippen molar-refractivity contribution < 1.29 is 38.3 Å². The molecule has 2 heterocycles. The number of hydrogen-bond acceptors (Lipinski definition) is 12. The van der Waals surface area contributed by atoms with Crippen molar-refractivity contribution in [1.82, 2.24) is 9.97 Å². The van der Waals surface area contributed by atoms with Crippen molar-refractivity contribution in [3.63, 3.8) is 0 Å². The van der Waals surface area contributed by atoms with Gasteiger partial charge in [-0.2, -0.15) is 0 Å². The molecule has 1 aliphatic heterocycles. The molecule has 46 heavy (non-hydrogen) atoms. The van der Waals surface area contributed by atoms with Gasteiger partial charge >= 0.3 is 17.9 Å². The fourth-order valence-corrected chi connectivity index (χ4v) is 5.80. The van der Waals surface area contributed by atoms with Crippen LogP contribution in [0.2, 0.25) is 0 Å². The van der Waals surface area contributed by atoms with Crippen molar-refractivity contribution in [3.05, 3.63) is 92.9 Å². The Morgan fingerprint density at radius 1 is 0.957 bits per heavy atom. The Bertz CT molecular complexity index is 1650. The zero-order valence-corrected chi connectivity index (χ0v) is 26.6. The topological polar surface area (TPSA) is 172 Å². The first-order chi connectivity index (χ1) is 22.2. The third-order valence-corrected chi connectivity index (χ3v) is 7.78. The summed E-state index contributed by atoms with van der Waals surface area (Å²) in [4.78, 5) is 62.8. The van der Waals surface area contributed by atoms with E-state index in [1.54, 1.807) is 45.9 Å². The summed E-state index contributed by atoms with van der Waals surface area (Å²) in [6.07, 6.45) is 0. The van der Waals surface area contributed by atoms with Crippen molar-refractivity contribution >= 4 is 41.1 Å². The Morgan fingerprint density at radius 2 is 1.65 bits per heavy atom. The van der Waals surface area contributed by atoms with Crippen LogP contribution in [0, 0.1) is 16.0 Å². The van der Waals surface area contributed by atoms with Crippen LogP contribution >= 0.6 is 11.8 Å². The number of benzene rings is 2. The minimum Gasteiger partial charge on any atom is -0.487 e. The molecule has 14 heteroatoms. The Balaban J connectivity index is 1.74. The molecule has 0 radical (unpaired) electrons. The maximum atomic E-state index is 13.5. The highest BCUT2D eigenvalue weighted by Crippen LogP contribution is 2.42. The molecule has 0 saturated heterocycles. The van der Waals surface area contributed by atoms with Gasteiger partial charge in [0.15, 0.2) is 10.9 Å². The van der Waals surface area contributed by atoms with E-state index in [0.29, 0.717) is 27.9 Å². The quantitative estimate of drug-likeness (QED) is 0.0776. The molecule has 0 spiro atoms. The van der Waals surface area contributed by atoms with E-state index < -0.39 is 34.7 Å². The highest BCUT2D eigenvalue weighted by molar-refractivity contribution is 7.99. The summed E-state index contributed by atoms with van der Waals surface area (Å²) in [5.41, 5.74) is 1.33. The Morgan fingerprint density at radius 3 is 2.33 bits per heavy atom. The first-order valence-electron chi connectivity index (χ1n) is 14.6. The van der Waals surface area contributed by atoms with Crippen molar-refractivity contribution in [2.45, 2.75) is 45.4 Å². The molecule has 0 aliphatic carbocycles. The average molecular weight is 651 g/mol. The number of nitro benzene ring substituents is 1. The predicted octanol–water partition coefficient (Wildman–Crippen LogP) is 5.42. The number of nitro groups is 1. The number of hydrogen-bond donors (Lipinski definition) is 1. The fraction of sp³-hybridized carbons (Fsp3) is 0.344. The molecule has 4 rings (SSSR count). The van der Waals surface area contributed by atoms with Gasteiger partial charge in [-0.25, -0.2) is 14.6 Å². The second-order valence-electron chi connectivity index (χ2n) is 9.87. The molecule has 0 fully saturated rings. The zero-order valence-electron chi connectivity index (χ0n) is 25.8. The second-order valence-corrected chi connectivity index (χ2v) is 10.8. The van der Waals surface area contributed by atoms with Gasteiger partial charge in [-0.3, -0.25) is 19.9 Å². The van der Waals surface area contributed by atoms with Crippen LogP contribution in [0.4, 0.5) is 5.69 Å². The molecule has 3 aromatic rings. The number of rotatable bonds is 14. The number of para-hydroxylation sites is 1. The van der Waals surface area contributed by atoms with Gasteiger partial charge in [0.2, 0.25) is 0 Å². The van der Waals surface area contributed by atoms with Gasteiger partial charge < -0.3 is 23.9 Å². The molecule has 0 saturated carbocycles. The minimum absolute atomic E-state index is 0.00976. The summed E-state index contributed by atoms with van der Waals surface area (Å²) >= 11 is 1.16. The molecule has 1 N–H and O–H groups in total. The number of aromatic amines is 1. The molecule has 0 bridgehead atoms. The van der Waals surface area contributed by atoms with E-state index in [0.717, 1.165) is 11.8 Å². The van der Waals surface area contributed by atoms with Crippen LogP contribution in [0.1, 0.15) is 55.4 Å². The van der Waals surface area contributed by atoms with Crippen LogP contribution in [-0.2, 0) is 30.4 Å². The normalized spacial score (nSPS) is 16.0. The van der Waals surface area contributed by atoms with Crippen LogP contribution in [0.3, 0.4) is 0 Å². The number of aromatic nitrogens is 2. The minimum atomic E-state index is -1.03. The number of imidazole rings is 1. The van der Waals surface area contributed by atoms with Gasteiger partial charge in [0.1, 0.15) is 18.3 Å². The molecular weight excluding hydrogens is 616 g/mol. The lowest BCUT2D eigenvalue weighted by molar-refractivity contribution is -0.384. The van der Waals surface area contributed by atoms with E-state index >= 15 is 0 Å². The largest absolute Gasteiger partial charge is 0.487 e. The molecule has 242 valence electrons. The van der Waals surface area contributed by atoms with E-state index in [9.17, 15) is 24.5 Å². The lowest BCUT2D eigenvalue weighted by atomic mass is 9.75. The van der Waals surface area contributed by atoms with E-state index in [4.69, 9.17) is 18.9 Å². The highest BCUT2D eigenvalue weighted by atomic mass is 32.2. The van der Waals surface area contributed by atoms with Gasteiger partial charge in [0.25, 0.3) is 5.69 Å². The highest BCUT2D eigenvalue weighted by Gasteiger charge is 2.43. The predicted molar refractivity (Wildman–Crippen MR) is 169 cm³/mol. The third kappa shape index (κ3) is 7.99. The number of H-pyrrole nitrogens is 1. The summed E-state index contributed by atoms with van der Waals surface area (Å²) < 4.78 is 21.8. The van der Waals surface area contributed by atoms with Crippen molar-refractivity contribution in [2.75, 3.05) is 25.6 Å². The van der Waals surface area contributed by atoms with Crippen LogP contribution in [0.5, 0.6) is 5.75 Å². The Labute approximate surface area is 269 Å². The second kappa shape index (κ2) is 15.8. The molecule has 1 aromatic heterocycles. The number of carbonyl (C=O) groups is 3. The molecule has 2 aromatic carbocycles. The summed E-state index contributed by atoms with van der Waals surface area (Å²) in [7, 11) is 0. The van der Waals surface area contributed by atoms with Gasteiger partial charge in [0.05, 0.1) is 41.7 Å². The lowest BCUT2D eigenvalue weighted by Gasteiger charge is -2.32. The molecule has 1 aliphatic rings. The first kappa shape index (κ1) is 33.9. The molecule has 13 nitrogen and oxygen atoms in total. The number of esters is 3. The van der Waals surface area contributed by atoms with Crippen LogP contribution in [0.25, 0.3) is 0 Å². The summed E-state index contributed by atoms with van der Waals surface area (Å²) in [5, 5.41) is 12.0. The van der Waals surface area contributed by atoms with Crippen LogP contribution in [-0.4, -0.2) is 64.1 Å². The van der Waals surface area contributed by atoms with Gasteiger partial charge in [0, 0.05) is 29.5 Å². The summed E-state index contributed by atoms with van der Waals surface area (Å²) in [6.45, 7) is 6.93. The zero-order chi connectivity index (χ0) is 33.2. The maximum absolute atomic E-state index is 13.5. The monoisotopic (exact) mass is 650 g/mol. The van der Waals surface area contributed by atoms with Crippen molar-refractivity contribution in [3.8, 4) is 5.75 Å². The maximum Gasteiger partial charge on any atom is 0.358 e. The lowest BCUT2D eigenvalue weighted by Crippen LogP contribution is -2.37. The molecular formula is C32H34N4O9S. The number of thioether (sulfide) groups is 1. The number of non-ortho nitro benzene ring substituents is 1. The van der Waals surface area contributed by atoms with E-state index in [2.05, 4.69) is 15.0 Å². The van der Waals surface area contributed by atoms with Gasteiger partial charge in [-0.1, -0.05) is 42.1 Å². The molecule has 2 unspecified atom stereocenters. The number of carbonyl (C=O) groups excluding carboxylic acids is 3. The van der Waals surface area contributed by atoms with E-state index in [1.807, 2.05) is 18.2 Å². The number of nitrogens with zero attached hydrogens (tertiary/aromatic N) is 3. The van der Waals surface area contributed by atoms with Crippen LogP contribution in [0.15, 0.2) is 76.0 Å². The number of aliphatic imine (C=N–C) groups is 1. The first-order valence-corrected chi connectivity index (χ1v) is 15.6. The fourth-order valence-electron chi connectivity index (χ4n) is 4.96. The third-order valence-electron chi connectivity index (χ3n) is 6.89. The standard InChI is InChI=1S/C32H34N4O9S/c1-5-42-29(37)25-19(4)33-24(27(30(38)43-6-2)26(25)20-12-11-13-21(16-20)36(40)41)18-46-32-34-23(28(35-32)31(39)44-7-3)17-45-22-14-9-8-10-15-22/h8-16,25-26H,5-7,17-18H2,1-4H3,(H,34,35). The van der Waals surface area contributed by atoms with Gasteiger partial charge in [-0.15, -0.1) is 0 Å². The summed E-state index contributed by atoms with van der Waals surface area (Å²) in [6, 6.07) is 14.8. The number of nitrogens with one attached hydrogen (secondary N) is 1. The Kier molecular flexibility index (Phi) is 11.7. The van der Waals surface area contributed by atoms with Crippen molar-refractivity contribution in [1.29, 1.82) is 0 Å². The Hall–Kier alpha value is -4.98. The van der Waals surface area contributed by atoms with Gasteiger partial charge in [-0.05, 0) is 45.4 Å². The van der Waals surface area contributed by atoms with E-state index in [1.165, 1.54) is 18.2 Å². The smallest absolute Gasteiger partial charge is 0.358 e. The molecule has 0 amide bonds. The molecule has 2 atom stereocenters. The van der Waals surface area contributed by atoms with Crippen LogP contribution < -0.4 is 4.74 Å². The SMILES string of the molecule is CCOC(=O)C1=C(CSc2nc(C(=O)OCC)c(COc3ccccc3)[nH]2)N=C(C)C(C(=O)OCC)C1c1cccc([N+](=O)[O-])c1.